The second-order valence-corrected chi connectivity index (χ2v) is 8.12. The molecule has 2 N–H and O–H groups in total. The van der Waals surface area contributed by atoms with Crippen LogP contribution in [0, 0.1) is 11.3 Å². The predicted octanol–water partition coefficient (Wildman–Crippen LogP) is 2.28. The van der Waals surface area contributed by atoms with Crippen LogP contribution < -0.4 is 5.73 Å². The van der Waals surface area contributed by atoms with Gasteiger partial charge in [0, 0.05) is 32.7 Å². The van der Waals surface area contributed by atoms with E-state index >= 15 is 0 Å². The summed E-state index contributed by atoms with van der Waals surface area (Å²) in [6.45, 7) is 2.55. The first-order valence-electron chi connectivity index (χ1n) is 11.0. The van der Waals surface area contributed by atoms with Crippen LogP contribution in [-0.2, 0) is 22.7 Å². The zero-order chi connectivity index (χ0) is 23.9. The first-order chi connectivity index (χ1) is 16.5. The summed E-state index contributed by atoms with van der Waals surface area (Å²) in [5.41, 5.74) is 8.99. The number of carbonyl (C=O) groups excluding carboxylic acids is 2. The number of aromatic nitrogens is 2. The molecular formula is C25H26N6O3. The third-order valence-electron chi connectivity index (χ3n) is 5.87. The van der Waals surface area contributed by atoms with Crippen molar-refractivity contribution in [2.24, 2.45) is 5.73 Å². The van der Waals surface area contributed by atoms with E-state index in [1.807, 2.05) is 51.9 Å². The highest BCUT2D eigenvalue weighted by Gasteiger charge is 2.32. The lowest BCUT2D eigenvalue weighted by Crippen LogP contribution is -2.52. The summed E-state index contributed by atoms with van der Waals surface area (Å²) in [7, 11) is 0. The second-order valence-electron chi connectivity index (χ2n) is 8.12. The zero-order valence-electron chi connectivity index (χ0n) is 18.7. The van der Waals surface area contributed by atoms with Gasteiger partial charge in [-0.25, -0.2) is 9.78 Å². The highest BCUT2D eigenvalue weighted by atomic mass is 16.6. The lowest BCUT2D eigenvalue weighted by Gasteiger charge is -2.37. The molecule has 1 atom stereocenters. The van der Waals surface area contributed by atoms with Crippen LogP contribution in [0.3, 0.4) is 0 Å². The number of benzene rings is 2. The van der Waals surface area contributed by atoms with Crippen LogP contribution in [0.25, 0.3) is 0 Å². The fraction of sp³-hybridized carbons (Fsp3) is 0.280. The molecule has 174 valence electrons. The van der Waals surface area contributed by atoms with Crippen LogP contribution in [0.5, 0.6) is 0 Å². The van der Waals surface area contributed by atoms with Gasteiger partial charge < -0.3 is 19.9 Å². The van der Waals surface area contributed by atoms with Crippen molar-refractivity contribution in [1.82, 2.24) is 19.4 Å². The van der Waals surface area contributed by atoms with Crippen molar-refractivity contribution in [1.29, 1.82) is 5.26 Å². The average Bonchev–Trinajstić information content (AvgIpc) is 3.31. The van der Waals surface area contributed by atoms with Gasteiger partial charge >= 0.3 is 6.09 Å². The number of amides is 2. The lowest BCUT2D eigenvalue weighted by atomic mass is 10.1. The predicted molar refractivity (Wildman–Crippen MR) is 124 cm³/mol. The number of nitrogens with two attached hydrogens (primary N) is 1. The van der Waals surface area contributed by atoms with Crippen molar-refractivity contribution in [2.75, 3.05) is 26.2 Å². The van der Waals surface area contributed by atoms with E-state index in [1.165, 1.54) is 0 Å². The standard InChI is InChI=1S/C25H26N6O3/c26-14-19-6-8-20(9-7-19)16-31-18-28-15-22(31)23(24(27)32)29-10-12-30(13-11-29)25(33)34-17-21-4-2-1-3-5-21/h1-9,15,18,23H,10-13,16-17H2,(H2,27,32). The number of imidazole rings is 1. The molecule has 0 saturated carbocycles. The number of hydrogen-bond donors (Lipinski definition) is 1. The number of piperazine rings is 1. The molecule has 2 heterocycles. The minimum absolute atomic E-state index is 0.221. The number of carbonyl (C=O) groups is 2. The average molecular weight is 459 g/mol. The highest BCUT2D eigenvalue weighted by Crippen LogP contribution is 2.23. The third kappa shape index (κ3) is 5.42. The lowest BCUT2D eigenvalue weighted by molar-refractivity contribution is -0.124. The molecule has 1 aliphatic rings. The highest BCUT2D eigenvalue weighted by molar-refractivity contribution is 5.81. The molecule has 3 aromatic rings. The fourth-order valence-corrected chi connectivity index (χ4v) is 4.06. The molecule has 0 bridgehead atoms. The van der Waals surface area contributed by atoms with E-state index < -0.39 is 11.9 Å². The Hall–Kier alpha value is -4.16. The summed E-state index contributed by atoms with van der Waals surface area (Å²) in [6.07, 6.45) is 2.95. The van der Waals surface area contributed by atoms with Crippen molar-refractivity contribution in [2.45, 2.75) is 19.2 Å². The van der Waals surface area contributed by atoms with Gasteiger partial charge in [0.25, 0.3) is 0 Å². The maximum atomic E-state index is 12.5. The smallest absolute Gasteiger partial charge is 0.410 e. The molecule has 2 aromatic carbocycles. The molecule has 1 aliphatic heterocycles. The molecule has 0 radical (unpaired) electrons. The van der Waals surface area contributed by atoms with Gasteiger partial charge in [-0.15, -0.1) is 0 Å². The molecule has 2 amide bonds. The molecule has 0 spiro atoms. The number of primary amides is 1. The van der Waals surface area contributed by atoms with Crippen LogP contribution in [0.1, 0.15) is 28.4 Å². The van der Waals surface area contributed by atoms with E-state index in [-0.39, 0.29) is 12.7 Å². The van der Waals surface area contributed by atoms with Gasteiger partial charge in [0.05, 0.1) is 29.9 Å². The van der Waals surface area contributed by atoms with E-state index in [4.69, 9.17) is 15.7 Å². The first-order valence-corrected chi connectivity index (χ1v) is 11.0. The zero-order valence-corrected chi connectivity index (χ0v) is 18.7. The third-order valence-corrected chi connectivity index (χ3v) is 5.87. The Morgan fingerprint density at radius 1 is 1.03 bits per heavy atom. The summed E-state index contributed by atoms with van der Waals surface area (Å²) in [5, 5.41) is 8.99. The van der Waals surface area contributed by atoms with Gasteiger partial charge in [-0.2, -0.15) is 5.26 Å². The Kier molecular flexibility index (Phi) is 7.20. The van der Waals surface area contributed by atoms with Crippen molar-refractivity contribution in [3.8, 4) is 6.07 Å². The monoisotopic (exact) mass is 458 g/mol. The van der Waals surface area contributed by atoms with Crippen LogP contribution >= 0.6 is 0 Å². The molecule has 1 aromatic heterocycles. The first kappa shape index (κ1) is 23.0. The number of ether oxygens (including phenoxy) is 1. The van der Waals surface area contributed by atoms with E-state index in [9.17, 15) is 9.59 Å². The molecule has 9 heteroatoms. The van der Waals surface area contributed by atoms with E-state index in [0.29, 0.717) is 44.0 Å². The Morgan fingerprint density at radius 2 is 1.74 bits per heavy atom. The largest absolute Gasteiger partial charge is 0.445 e. The van der Waals surface area contributed by atoms with Gasteiger partial charge in [-0.3, -0.25) is 9.69 Å². The van der Waals surface area contributed by atoms with E-state index in [0.717, 1.165) is 11.1 Å². The minimum atomic E-state index is -0.664. The summed E-state index contributed by atoms with van der Waals surface area (Å²) >= 11 is 0. The van der Waals surface area contributed by atoms with Crippen molar-refractivity contribution < 1.29 is 14.3 Å². The van der Waals surface area contributed by atoms with Gasteiger partial charge in [0.1, 0.15) is 12.6 Å². The molecular weight excluding hydrogens is 432 g/mol. The molecule has 1 unspecified atom stereocenters. The van der Waals surface area contributed by atoms with Crippen molar-refractivity contribution in [3.63, 3.8) is 0 Å². The van der Waals surface area contributed by atoms with Crippen LogP contribution in [0.15, 0.2) is 67.1 Å². The Labute approximate surface area is 198 Å². The SMILES string of the molecule is N#Cc1ccc(Cn2cncc2C(C(N)=O)N2CCN(C(=O)OCc3ccccc3)CC2)cc1. The van der Waals surface area contributed by atoms with Crippen molar-refractivity contribution >= 4 is 12.0 Å². The maximum absolute atomic E-state index is 12.5. The molecule has 1 fully saturated rings. The number of nitriles is 1. The quantitative estimate of drug-likeness (QED) is 0.580. The van der Waals surface area contributed by atoms with E-state index in [2.05, 4.69) is 11.1 Å². The molecule has 9 nitrogen and oxygen atoms in total. The summed E-state index contributed by atoms with van der Waals surface area (Å²) in [4.78, 5) is 32.8. The second kappa shape index (κ2) is 10.6. The Morgan fingerprint density at radius 3 is 2.38 bits per heavy atom. The Bertz CT molecular complexity index is 1160. The van der Waals surface area contributed by atoms with Crippen molar-refractivity contribution in [3.05, 3.63) is 89.5 Å². The summed E-state index contributed by atoms with van der Waals surface area (Å²) < 4.78 is 7.31. The Balaban J connectivity index is 1.38. The topological polar surface area (TPSA) is 117 Å². The normalized spacial score (nSPS) is 14.9. The fourth-order valence-electron chi connectivity index (χ4n) is 4.06. The van der Waals surface area contributed by atoms with Gasteiger partial charge in [0.15, 0.2) is 0 Å². The number of nitrogens with zero attached hydrogens (tertiary/aromatic N) is 5. The van der Waals surface area contributed by atoms with Crippen LogP contribution in [0.4, 0.5) is 4.79 Å². The van der Waals surface area contributed by atoms with E-state index in [1.54, 1.807) is 29.6 Å². The van der Waals surface area contributed by atoms with Gasteiger partial charge in [-0.05, 0) is 23.3 Å². The molecule has 0 aliphatic carbocycles. The van der Waals surface area contributed by atoms with Crippen LogP contribution in [0.2, 0.25) is 0 Å². The minimum Gasteiger partial charge on any atom is -0.445 e. The van der Waals surface area contributed by atoms with Gasteiger partial charge in [0.2, 0.25) is 5.91 Å². The van der Waals surface area contributed by atoms with Crippen LogP contribution in [-0.4, -0.2) is 57.5 Å². The summed E-state index contributed by atoms with van der Waals surface area (Å²) in [5.74, 6) is -0.471. The number of rotatable bonds is 7. The van der Waals surface area contributed by atoms with Gasteiger partial charge in [-0.1, -0.05) is 42.5 Å². The maximum Gasteiger partial charge on any atom is 0.410 e. The molecule has 4 rings (SSSR count). The number of hydrogen-bond acceptors (Lipinski definition) is 6. The molecule has 1 saturated heterocycles. The molecule has 34 heavy (non-hydrogen) atoms. The summed E-state index contributed by atoms with van der Waals surface area (Å²) in [6, 6.07) is 18.2.